The Kier molecular flexibility index (Phi) is 4.07. The second-order valence-corrected chi connectivity index (χ2v) is 5.64. The summed E-state index contributed by atoms with van der Waals surface area (Å²) in [6.07, 6.45) is 0. The van der Waals surface area contributed by atoms with E-state index < -0.39 is 0 Å². The van der Waals surface area contributed by atoms with E-state index in [1.54, 1.807) is 12.1 Å². The molecule has 0 aliphatic carbocycles. The van der Waals surface area contributed by atoms with Crippen molar-refractivity contribution in [2.75, 3.05) is 18.4 Å². The summed E-state index contributed by atoms with van der Waals surface area (Å²) in [5.41, 5.74) is 0.666. The molecule has 5 heteroatoms. The SMILES string of the molecule is CC(C(=O)Nc1ccc(Br)cc1Cl)C1CNC1. The van der Waals surface area contributed by atoms with Gasteiger partial charge < -0.3 is 10.6 Å². The Morgan fingerprint density at radius 3 is 2.82 bits per heavy atom. The Labute approximate surface area is 114 Å². The van der Waals surface area contributed by atoms with Gasteiger partial charge in [-0.2, -0.15) is 0 Å². The lowest BCUT2D eigenvalue weighted by atomic mass is 9.88. The number of carbonyl (C=O) groups excluding carboxylic acids is 1. The van der Waals surface area contributed by atoms with Gasteiger partial charge in [0.2, 0.25) is 5.91 Å². The molecule has 1 aromatic rings. The van der Waals surface area contributed by atoms with Crippen molar-refractivity contribution >= 4 is 39.1 Å². The molecule has 1 aliphatic rings. The molecule has 0 saturated carbocycles. The van der Waals surface area contributed by atoms with Crippen LogP contribution in [0.5, 0.6) is 0 Å². The third kappa shape index (κ3) is 3.00. The average Bonchev–Trinajstić information content (AvgIpc) is 2.19. The fraction of sp³-hybridized carbons (Fsp3) is 0.417. The van der Waals surface area contributed by atoms with Crippen molar-refractivity contribution in [2.45, 2.75) is 6.92 Å². The topological polar surface area (TPSA) is 41.1 Å². The number of hydrogen-bond acceptors (Lipinski definition) is 2. The third-order valence-corrected chi connectivity index (χ3v) is 3.93. The summed E-state index contributed by atoms with van der Waals surface area (Å²) < 4.78 is 0.900. The van der Waals surface area contributed by atoms with Crippen LogP contribution in [0.4, 0.5) is 5.69 Å². The Bertz CT molecular complexity index is 435. The molecule has 0 aromatic heterocycles. The molecular weight excluding hydrogens is 304 g/mol. The molecule has 0 spiro atoms. The molecule has 0 bridgehead atoms. The van der Waals surface area contributed by atoms with E-state index in [1.165, 1.54) is 0 Å². The van der Waals surface area contributed by atoms with Gasteiger partial charge in [0.05, 0.1) is 10.7 Å². The molecule has 3 nitrogen and oxygen atoms in total. The molecule has 0 radical (unpaired) electrons. The normalized spacial score (nSPS) is 17.4. The van der Waals surface area contributed by atoms with Gasteiger partial charge in [-0.1, -0.05) is 34.5 Å². The maximum Gasteiger partial charge on any atom is 0.227 e. The molecule has 2 rings (SSSR count). The molecule has 1 atom stereocenters. The van der Waals surface area contributed by atoms with Crippen molar-refractivity contribution in [3.63, 3.8) is 0 Å². The fourth-order valence-electron chi connectivity index (χ4n) is 1.72. The molecule has 1 aliphatic heterocycles. The number of nitrogens with one attached hydrogen (secondary N) is 2. The highest BCUT2D eigenvalue weighted by atomic mass is 79.9. The maximum absolute atomic E-state index is 12.0. The molecule has 1 saturated heterocycles. The van der Waals surface area contributed by atoms with Crippen molar-refractivity contribution in [3.8, 4) is 0 Å². The average molecular weight is 318 g/mol. The van der Waals surface area contributed by atoms with Gasteiger partial charge in [-0.25, -0.2) is 0 Å². The van der Waals surface area contributed by atoms with Crippen molar-refractivity contribution < 1.29 is 4.79 Å². The summed E-state index contributed by atoms with van der Waals surface area (Å²) in [4.78, 5) is 12.0. The summed E-state index contributed by atoms with van der Waals surface area (Å²) in [6, 6.07) is 5.43. The number of carbonyl (C=O) groups is 1. The van der Waals surface area contributed by atoms with Crippen molar-refractivity contribution in [1.82, 2.24) is 5.32 Å². The van der Waals surface area contributed by atoms with Gasteiger partial charge in [0.15, 0.2) is 0 Å². The van der Waals surface area contributed by atoms with Crippen LogP contribution in [-0.4, -0.2) is 19.0 Å². The first kappa shape index (κ1) is 12.9. The number of benzene rings is 1. The van der Waals surface area contributed by atoms with E-state index in [1.807, 2.05) is 13.0 Å². The Morgan fingerprint density at radius 2 is 2.29 bits per heavy atom. The van der Waals surface area contributed by atoms with Gasteiger partial charge in [0.1, 0.15) is 0 Å². The van der Waals surface area contributed by atoms with Gasteiger partial charge in [-0.15, -0.1) is 0 Å². The van der Waals surface area contributed by atoms with Crippen LogP contribution < -0.4 is 10.6 Å². The van der Waals surface area contributed by atoms with Crippen LogP contribution in [0.15, 0.2) is 22.7 Å². The standard InChI is InChI=1S/C12H14BrClN2O/c1-7(8-5-15-6-8)12(17)16-11-3-2-9(13)4-10(11)14/h2-4,7-8,15H,5-6H2,1H3,(H,16,17). The predicted molar refractivity (Wildman–Crippen MR) is 73.3 cm³/mol. The molecular formula is C12H14BrClN2O. The smallest absolute Gasteiger partial charge is 0.227 e. The zero-order valence-electron chi connectivity index (χ0n) is 9.47. The molecule has 1 fully saturated rings. The Hall–Kier alpha value is -0.580. The second-order valence-electron chi connectivity index (χ2n) is 4.32. The fourth-order valence-corrected chi connectivity index (χ4v) is 2.44. The Morgan fingerprint density at radius 1 is 1.59 bits per heavy atom. The van der Waals surface area contributed by atoms with Gasteiger partial charge in [-0.05, 0) is 37.2 Å². The molecule has 17 heavy (non-hydrogen) atoms. The maximum atomic E-state index is 12.0. The van der Waals surface area contributed by atoms with Gasteiger partial charge in [0.25, 0.3) is 0 Å². The van der Waals surface area contributed by atoms with E-state index in [0.29, 0.717) is 16.6 Å². The molecule has 92 valence electrons. The summed E-state index contributed by atoms with van der Waals surface area (Å²) in [7, 11) is 0. The van der Waals surface area contributed by atoms with Crippen LogP contribution in [-0.2, 0) is 4.79 Å². The van der Waals surface area contributed by atoms with Crippen LogP contribution in [0.3, 0.4) is 0 Å². The van der Waals surface area contributed by atoms with Crippen molar-refractivity contribution in [3.05, 3.63) is 27.7 Å². The predicted octanol–water partition coefficient (Wildman–Crippen LogP) is 2.90. The number of anilines is 1. The number of hydrogen-bond donors (Lipinski definition) is 2. The van der Waals surface area contributed by atoms with E-state index in [2.05, 4.69) is 26.6 Å². The molecule has 1 aromatic carbocycles. The monoisotopic (exact) mass is 316 g/mol. The van der Waals surface area contributed by atoms with Crippen LogP contribution in [0.2, 0.25) is 5.02 Å². The lowest BCUT2D eigenvalue weighted by Crippen LogP contribution is -2.48. The molecule has 1 heterocycles. The Balaban J connectivity index is 2.02. The zero-order chi connectivity index (χ0) is 12.4. The summed E-state index contributed by atoms with van der Waals surface area (Å²) >= 11 is 9.38. The van der Waals surface area contributed by atoms with Gasteiger partial charge in [-0.3, -0.25) is 4.79 Å². The van der Waals surface area contributed by atoms with Crippen molar-refractivity contribution in [2.24, 2.45) is 11.8 Å². The number of halogens is 2. The minimum Gasteiger partial charge on any atom is -0.325 e. The van der Waals surface area contributed by atoms with E-state index in [9.17, 15) is 4.79 Å². The quantitative estimate of drug-likeness (QED) is 0.900. The van der Waals surface area contributed by atoms with E-state index in [-0.39, 0.29) is 11.8 Å². The largest absolute Gasteiger partial charge is 0.325 e. The second kappa shape index (κ2) is 5.38. The molecule has 1 unspecified atom stereocenters. The minimum absolute atomic E-state index is 0.0102. The summed E-state index contributed by atoms with van der Waals surface area (Å²) in [5.74, 6) is 0.473. The van der Waals surface area contributed by atoms with E-state index in [0.717, 1.165) is 17.6 Å². The molecule has 1 amide bonds. The number of amides is 1. The molecule has 2 N–H and O–H groups in total. The minimum atomic E-state index is 0.0102. The first-order chi connectivity index (χ1) is 8.08. The van der Waals surface area contributed by atoms with Crippen LogP contribution in [0, 0.1) is 11.8 Å². The highest BCUT2D eigenvalue weighted by Crippen LogP contribution is 2.27. The highest BCUT2D eigenvalue weighted by Gasteiger charge is 2.28. The van der Waals surface area contributed by atoms with Crippen LogP contribution >= 0.6 is 27.5 Å². The highest BCUT2D eigenvalue weighted by molar-refractivity contribution is 9.10. The van der Waals surface area contributed by atoms with Crippen LogP contribution in [0.25, 0.3) is 0 Å². The zero-order valence-corrected chi connectivity index (χ0v) is 11.8. The number of rotatable bonds is 3. The van der Waals surface area contributed by atoms with Gasteiger partial charge >= 0.3 is 0 Å². The summed E-state index contributed by atoms with van der Waals surface area (Å²) in [6.45, 7) is 3.79. The first-order valence-electron chi connectivity index (χ1n) is 5.54. The first-order valence-corrected chi connectivity index (χ1v) is 6.71. The van der Waals surface area contributed by atoms with E-state index >= 15 is 0 Å². The lowest BCUT2D eigenvalue weighted by molar-refractivity contribution is -0.121. The van der Waals surface area contributed by atoms with Crippen molar-refractivity contribution in [1.29, 1.82) is 0 Å². The van der Waals surface area contributed by atoms with Crippen LogP contribution in [0.1, 0.15) is 6.92 Å². The summed E-state index contributed by atoms with van der Waals surface area (Å²) in [5, 5.41) is 6.58. The lowest BCUT2D eigenvalue weighted by Gasteiger charge is -2.31. The third-order valence-electron chi connectivity index (χ3n) is 3.12. The van der Waals surface area contributed by atoms with E-state index in [4.69, 9.17) is 11.6 Å². The van der Waals surface area contributed by atoms with Gasteiger partial charge in [0, 0.05) is 10.4 Å².